The number of nitrogens with zero attached hydrogens (tertiary/aromatic N) is 2. The maximum absolute atomic E-state index is 13.5. The normalized spacial score (nSPS) is 22.0. The third-order valence-electron chi connectivity index (χ3n) is 6.02. The number of imide groups is 1. The van der Waals surface area contributed by atoms with Crippen LogP contribution in [0.4, 0.5) is 10.5 Å². The van der Waals surface area contributed by atoms with Crippen molar-refractivity contribution in [2.75, 3.05) is 4.90 Å². The van der Waals surface area contributed by atoms with Crippen LogP contribution in [0.15, 0.2) is 65.1 Å². The first kappa shape index (κ1) is 20.7. The molecule has 0 spiro atoms. The van der Waals surface area contributed by atoms with Crippen LogP contribution in [0.3, 0.4) is 0 Å². The van der Waals surface area contributed by atoms with Crippen molar-refractivity contribution in [3.8, 4) is 0 Å². The fourth-order valence-electron chi connectivity index (χ4n) is 4.08. The molecule has 2 atom stereocenters. The molecule has 30 heavy (non-hydrogen) atoms. The standard InChI is InChI=1S/C25H28N2O2S/c1-16-17(2)30-23-21(16)22(28)27(20-9-7-6-8-10-20)24(29)26(23)15-18-11-13-19(14-12-18)25(3,4)5/h6-14,21,23H,15H2,1-5H3. The van der Waals surface area contributed by atoms with E-state index < -0.39 is 0 Å². The van der Waals surface area contributed by atoms with Crippen LogP contribution in [0.5, 0.6) is 0 Å². The third kappa shape index (κ3) is 3.56. The van der Waals surface area contributed by atoms with Crippen molar-refractivity contribution in [1.29, 1.82) is 0 Å². The number of urea groups is 1. The van der Waals surface area contributed by atoms with Crippen LogP contribution in [0.1, 0.15) is 45.7 Å². The summed E-state index contributed by atoms with van der Waals surface area (Å²) in [5.74, 6) is -0.431. The number of allylic oxidation sites excluding steroid dienone is 1. The Morgan fingerprint density at radius 1 is 0.933 bits per heavy atom. The average molecular weight is 421 g/mol. The highest BCUT2D eigenvalue weighted by molar-refractivity contribution is 8.03. The molecule has 0 aromatic heterocycles. The minimum atomic E-state index is -0.304. The number of rotatable bonds is 3. The fourth-order valence-corrected chi connectivity index (χ4v) is 5.50. The molecule has 1 saturated heterocycles. The van der Waals surface area contributed by atoms with Crippen LogP contribution in [0.2, 0.25) is 0 Å². The van der Waals surface area contributed by atoms with E-state index in [-0.39, 0.29) is 28.6 Å². The van der Waals surface area contributed by atoms with Gasteiger partial charge in [0, 0.05) is 6.54 Å². The van der Waals surface area contributed by atoms with Gasteiger partial charge in [-0.15, -0.1) is 11.8 Å². The first-order chi connectivity index (χ1) is 14.2. The van der Waals surface area contributed by atoms with Crippen LogP contribution < -0.4 is 4.90 Å². The zero-order valence-electron chi connectivity index (χ0n) is 18.2. The van der Waals surface area contributed by atoms with Gasteiger partial charge >= 0.3 is 6.03 Å². The van der Waals surface area contributed by atoms with Crippen molar-refractivity contribution >= 4 is 29.4 Å². The van der Waals surface area contributed by atoms with Crippen LogP contribution in [-0.2, 0) is 16.8 Å². The van der Waals surface area contributed by atoms with Gasteiger partial charge in [-0.3, -0.25) is 4.79 Å². The second kappa shape index (κ2) is 7.62. The number of amides is 3. The number of anilines is 1. The monoisotopic (exact) mass is 420 g/mol. The molecule has 0 bridgehead atoms. The molecule has 0 N–H and O–H groups in total. The summed E-state index contributed by atoms with van der Waals surface area (Å²) in [6.45, 7) is 11.1. The molecule has 4 rings (SSSR count). The van der Waals surface area contributed by atoms with E-state index in [0.29, 0.717) is 12.2 Å². The summed E-state index contributed by atoms with van der Waals surface area (Å²) in [6, 6.07) is 17.5. The van der Waals surface area contributed by atoms with Gasteiger partial charge in [0.15, 0.2) is 0 Å². The fraction of sp³-hybridized carbons (Fsp3) is 0.360. The molecule has 156 valence electrons. The molecule has 2 heterocycles. The predicted octanol–water partition coefficient (Wildman–Crippen LogP) is 5.94. The number of carbonyl (C=O) groups excluding carboxylic acids is 2. The highest BCUT2D eigenvalue weighted by Gasteiger charge is 2.51. The second-order valence-electron chi connectivity index (χ2n) is 9.09. The van der Waals surface area contributed by atoms with E-state index in [0.717, 1.165) is 16.0 Å². The summed E-state index contributed by atoms with van der Waals surface area (Å²) in [4.78, 5) is 31.2. The lowest BCUT2D eigenvalue weighted by Gasteiger charge is -2.42. The van der Waals surface area contributed by atoms with Crippen molar-refractivity contribution < 1.29 is 9.59 Å². The van der Waals surface area contributed by atoms with E-state index in [1.165, 1.54) is 10.5 Å². The minimum absolute atomic E-state index is 0.0839. The van der Waals surface area contributed by atoms with E-state index in [2.05, 4.69) is 45.0 Å². The SMILES string of the molecule is CC1=C(C)C2C(=O)N(c3ccccc3)C(=O)N(Cc3ccc(C(C)(C)C)cc3)C2S1. The highest BCUT2D eigenvalue weighted by atomic mass is 32.2. The minimum Gasteiger partial charge on any atom is -0.306 e. The number of para-hydroxylation sites is 1. The summed E-state index contributed by atoms with van der Waals surface area (Å²) < 4.78 is 0. The number of fused-ring (bicyclic) bond motifs is 1. The lowest BCUT2D eigenvalue weighted by atomic mass is 9.86. The molecule has 4 nitrogen and oxygen atoms in total. The van der Waals surface area contributed by atoms with Gasteiger partial charge in [-0.05, 0) is 53.0 Å². The smallest absolute Gasteiger partial charge is 0.306 e. The summed E-state index contributed by atoms with van der Waals surface area (Å²) in [6.07, 6.45) is 0. The van der Waals surface area contributed by atoms with Crippen molar-refractivity contribution in [3.63, 3.8) is 0 Å². The van der Waals surface area contributed by atoms with Crippen molar-refractivity contribution in [1.82, 2.24) is 4.90 Å². The number of benzene rings is 2. The Hall–Kier alpha value is -2.53. The van der Waals surface area contributed by atoms with E-state index in [1.54, 1.807) is 11.8 Å². The average Bonchev–Trinajstić information content (AvgIpc) is 3.00. The van der Waals surface area contributed by atoms with E-state index in [4.69, 9.17) is 0 Å². The Balaban J connectivity index is 1.69. The third-order valence-corrected chi connectivity index (χ3v) is 7.47. The van der Waals surface area contributed by atoms with Gasteiger partial charge in [0.05, 0.1) is 17.0 Å². The number of hydrogen-bond acceptors (Lipinski definition) is 3. The Labute approximate surface area is 182 Å². The van der Waals surface area contributed by atoms with Gasteiger partial charge < -0.3 is 4.90 Å². The number of carbonyl (C=O) groups is 2. The number of thioether (sulfide) groups is 1. The summed E-state index contributed by atoms with van der Waals surface area (Å²) >= 11 is 1.63. The van der Waals surface area contributed by atoms with Gasteiger partial charge in [-0.2, -0.15) is 0 Å². The maximum atomic E-state index is 13.5. The molecule has 1 fully saturated rings. The highest BCUT2D eigenvalue weighted by Crippen LogP contribution is 2.47. The van der Waals surface area contributed by atoms with Crippen LogP contribution in [0.25, 0.3) is 0 Å². The van der Waals surface area contributed by atoms with Gasteiger partial charge in [-0.25, -0.2) is 9.69 Å². The van der Waals surface area contributed by atoms with E-state index >= 15 is 0 Å². The Kier molecular flexibility index (Phi) is 5.27. The first-order valence-electron chi connectivity index (χ1n) is 10.3. The molecule has 2 aromatic rings. The first-order valence-corrected chi connectivity index (χ1v) is 11.2. The predicted molar refractivity (Wildman–Crippen MR) is 123 cm³/mol. The van der Waals surface area contributed by atoms with Gasteiger partial charge in [0.2, 0.25) is 5.91 Å². The molecule has 2 aliphatic rings. The lowest BCUT2D eigenvalue weighted by Crippen LogP contribution is -2.59. The Morgan fingerprint density at radius 3 is 2.17 bits per heavy atom. The Morgan fingerprint density at radius 2 is 1.57 bits per heavy atom. The largest absolute Gasteiger partial charge is 0.332 e. The van der Waals surface area contributed by atoms with Gasteiger partial charge in [0.1, 0.15) is 0 Å². The molecule has 2 aromatic carbocycles. The maximum Gasteiger partial charge on any atom is 0.332 e. The summed E-state index contributed by atoms with van der Waals surface area (Å²) in [5, 5.41) is -0.188. The molecule has 2 unspecified atom stereocenters. The Bertz CT molecular complexity index is 1010. The summed E-state index contributed by atoms with van der Waals surface area (Å²) in [7, 11) is 0. The van der Waals surface area contributed by atoms with E-state index in [1.807, 2.05) is 49.1 Å². The van der Waals surface area contributed by atoms with Crippen molar-refractivity contribution in [2.45, 2.75) is 52.0 Å². The molecule has 0 saturated carbocycles. The van der Waals surface area contributed by atoms with Crippen LogP contribution >= 0.6 is 11.8 Å². The molecule has 0 radical (unpaired) electrons. The zero-order chi connectivity index (χ0) is 21.6. The summed E-state index contributed by atoms with van der Waals surface area (Å²) in [5.41, 5.74) is 4.11. The quantitative estimate of drug-likeness (QED) is 0.617. The zero-order valence-corrected chi connectivity index (χ0v) is 19.0. The molecule has 2 aliphatic heterocycles. The van der Waals surface area contributed by atoms with E-state index in [9.17, 15) is 9.59 Å². The van der Waals surface area contributed by atoms with Crippen molar-refractivity contribution in [2.24, 2.45) is 5.92 Å². The molecular formula is C25H28N2O2S. The molecular weight excluding hydrogens is 392 g/mol. The molecule has 5 heteroatoms. The second-order valence-corrected chi connectivity index (χ2v) is 10.4. The molecule has 3 amide bonds. The van der Waals surface area contributed by atoms with Crippen molar-refractivity contribution in [3.05, 3.63) is 76.2 Å². The lowest BCUT2D eigenvalue weighted by molar-refractivity contribution is -0.122. The van der Waals surface area contributed by atoms with Crippen LogP contribution in [0, 0.1) is 5.92 Å². The van der Waals surface area contributed by atoms with Gasteiger partial charge in [0.25, 0.3) is 0 Å². The topological polar surface area (TPSA) is 40.6 Å². The van der Waals surface area contributed by atoms with Gasteiger partial charge in [-0.1, -0.05) is 63.2 Å². The molecule has 0 aliphatic carbocycles. The van der Waals surface area contributed by atoms with Crippen LogP contribution in [-0.4, -0.2) is 22.2 Å². The number of hydrogen-bond donors (Lipinski definition) is 0.